The molecule has 25 heavy (non-hydrogen) atoms. The van der Waals surface area contributed by atoms with Crippen molar-refractivity contribution in [3.63, 3.8) is 0 Å². The topological polar surface area (TPSA) is 61.8 Å². The average molecular weight is 418 g/mol. The van der Waals surface area contributed by atoms with Gasteiger partial charge in [0.25, 0.3) is 0 Å². The summed E-state index contributed by atoms with van der Waals surface area (Å²) in [6.07, 6.45) is 0.166. The Hall–Kier alpha value is -2.12. The Kier molecular flexibility index (Phi) is 5.55. The Morgan fingerprint density at radius 1 is 1.16 bits per heavy atom. The largest absolute Gasteiger partial charge is 0.335 e. The first kappa shape index (κ1) is 17.7. The molecule has 0 unspecified atom stereocenters. The molecule has 2 amide bonds. The molecular weight excluding hydrogens is 402 g/mol. The van der Waals surface area contributed by atoms with Crippen molar-refractivity contribution in [2.24, 2.45) is 4.99 Å². The van der Waals surface area contributed by atoms with Gasteiger partial charge in [0.1, 0.15) is 5.25 Å². The van der Waals surface area contributed by atoms with Gasteiger partial charge in [0, 0.05) is 23.6 Å². The summed E-state index contributed by atoms with van der Waals surface area (Å²) in [5.74, 6) is -0.396. The summed E-state index contributed by atoms with van der Waals surface area (Å²) in [4.78, 5) is 30.4. The number of hydrogen-bond donors (Lipinski definition) is 1. The Morgan fingerprint density at radius 2 is 1.84 bits per heavy atom. The number of carbonyl (C=O) groups excluding carboxylic acids is 2. The van der Waals surface area contributed by atoms with Gasteiger partial charge in [-0.25, -0.2) is 4.90 Å². The van der Waals surface area contributed by atoms with Crippen molar-refractivity contribution < 1.29 is 9.59 Å². The molecule has 0 spiro atoms. The first-order valence-corrected chi connectivity index (χ1v) is 9.33. The number of aliphatic imine (C=N–C) groups is 1. The van der Waals surface area contributed by atoms with Crippen molar-refractivity contribution in [1.82, 2.24) is 0 Å². The van der Waals surface area contributed by atoms with Gasteiger partial charge in [-0.2, -0.15) is 0 Å². The van der Waals surface area contributed by atoms with Crippen LogP contribution in [-0.4, -0.2) is 29.3 Å². The van der Waals surface area contributed by atoms with Gasteiger partial charge < -0.3 is 5.32 Å². The molecule has 7 heteroatoms. The van der Waals surface area contributed by atoms with Gasteiger partial charge in [-0.05, 0) is 36.4 Å². The number of imide groups is 1. The molecule has 0 bridgehead atoms. The molecule has 2 aromatic rings. The normalized spacial score (nSPS) is 17.9. The quantitative estimate of drug-likeness (QED) is 0.467. The van der Waals surface area contributed by atoms with Crippen molar-refractivity contribution >= 4 is 56.0 Å². The van der Waals surface area contributed by atoms with E-state index in [1.54, 1.807) is 19.2 Å². The van der Waals surface area contributed by atoms with Crippen LogP contribution in [0.3, 0.4) is 0 Å². The van der Waals surface area contributed by atoms with E-state index < -0.39 is 5.25 Å². The average Bonchev–Trinajstić information content (AvgIpc) is 2.90. The number of nitrogens with zero attached hydrogens (tertiary/aromatic N) is 2. The van der Waals surface area contributed by atoms with E-state index >= 15 is 0 Å². The summed E-state index contributed by atoms with van der Waals surface area (Å²) in [6.45, 7) is 0. The Morgan fingerprint density at radius 3 is 2.48 bits per heavy atom. The van der Waals surface area contributed by atoms with Gasteiger partial charge in [-0.15, -0.1) is 0 Å². The molecule has 0 aliphatic carbocycles. The van der Waals surface area contributed by atoms with Crippen LogP contribution in [0.25, 0.3) is 0 Å². The number of para-hydroxylation sites is 1. The lowest BCUT2D eigenvalue weighted by Crippen LogP contribution is -2.31. The highest BCUT2D eigenvalue weighted by atomic mass is 79.9. The van der Waals surface area contributed by atoms with Crippen LogP contribution in [0.15, 0.2) is 64.1 Å². The van der Waals surface area contributed by atoms with Crippen molar-refractivity contribution in [3.8, 4) is 0 Å². The maximum Gasteiger partial charge on any atom is 0.247 e. The fourth-order valence-electron chi connectivity index (χ4n) is 2.47. The molecule has 1 fully saturated rings. The number of amidine groups is 1. The molecule has 0 radical (unpaired) electrons. The molecule has 1 atom stereocenters. The molecular formula is C18H16BrN3O2S. The minimum absolute atomic E-state index is 0.166. The van der Waals surface area contributed by atoms with Crippen LogP contribution >= 0.6 is 27.7 Å². The zero-order valence-corrected chi connectivity index (χ0v) is 15.9. The molecule has 3 rings (SSSR count). The molecule has 0 aromatic heterocycles. The highest BCUT2D eigenvalue weighted by molar-refractivity contribution is 9.10. The van der Waals surface area contributed by atoms with E-state index in [1.807, 2.05) is 42.5 Å². The van der Waals surface area contributed by atoms with E-state index in [0.717, 1.165) is 10.2 Å². The Bertz CT molecular complexity index is 809. The van der Waals surface area contributed by atoms with E-state index in [4.69, 9.17) is 0 Å². The van der Waals surface area contributed by atoms with Crippen molar-refractivity contribution in [1.29, 1.82) is 0 Å². The lowest BCUT2D eigenvalue weighted by atomic mass is 10.3. The second-order valence-corrected chi connectivity index (χ2v) is 7.48. The van der Waals surface area contributed by atoms with Crippen LogP contribution < -0.4 is 10.2 Å². The Balaban J connectivity index is 1.70. The molecule has 2 aromatic carbocycles. The maximum absolute atomic E-state index is 12.7. The van der Waals surface area contributed by atoms with Crippen LogP contribution in [0.5, 0.6) is 0 Å². The van der Waals surface area contributed by atoms with E-state index in [0.29, 0.717) is 10.9 Å². The minimum Gasteiger partial charge on any atom is -0.335 e. The number of thioether (sulfide) groups is 1. The third-order valence-corrected chi connectivity index (χ3v) is 5.36. The first-order valence-electron chi connectivity index (χ1n) is 7.66. The summed E-state index contributed by atoms with van der Waals surface area (Å²) < 4.78 is 0.982. The van der Waals surface area contributed by atoms with Crippen molar-refractivity contribution in [2.45, 2.75) is 11.7 Å². The monoisotopic (exact) mass is 417 g/mol. The van der Waals surface area contributed by atoms with Gasteiger partial charge in [0.05, 0.1) is 5.69 Å². The highest BCUT2D eigenvalue weighted by Gasteiger charge is 2.40. The lowest BCUT2D eigenvalue weighted by molar-refractivity contribution is -0.121. The SMILES string of the molecule is CN=C(Nc1ccc(Br)cc1)S[C@@H]1CC(=O)N(c2ccccc2)C1=O. The van der Waals surface area contributed by atoms with E-state index in [-0.39, 0.29) is 18.2 Å². The summed E-state index contributed by atoms with van der Waals surface area (Å²) in [5.41, 5.74) is 1.48. The van der Waals surface area contributed by atoms with E-state index in [2.05, 4.69) is 26.2 Å². The molecule has 1 heterocycles. The van der Waals surface area contributed by atoms with Crippen molar-refractivity contribution in [2.75, 3.05) is 17.3 Å². The molecule has 1 aliphatic heterocycles. The molecule has 1 N–H and O–H groups in total. The molecule has 5 nitrogen and oxygen atoms in total. The molecule has 0 saturated carbocycles. The number of nitrogens with one attached hydrogen (secondary N) is 1. The Labute approximate surface area is 158 Å². The number of amides is 2. The zero-order valence-electron chi connectivity index (χ0n) is 13.5. The number of hydrogen-bond acceptors (Lipinski definition) is 4. The maximum atomic E-state index is 12.7. The zero-order chi connectivity index (χ0) is 17.8. The third kappa shape index (κ3) is 4.11. The van der Waals surface area contributed by atoms with E-state index in [1.165, 1.54) is 16.7 Å². The number of rotatable bonds is 3. The smallest absolute Gasteiger partial charge is 0.247 e. The van der Waals surface area contributed by atoms with Crippen LogP contribution in [0.4, 0.5) is 11.4 Å². The second kappa shape index (κ2) is 7.84. The minimum atomic E-state index is -0.477. The van der Waals surface area contributed by atoms with Crippen LogP contribution in [-0.2, 0) is 9.59 Å². The van der Waals surface area contributed by atoms with Gasteiger partial charge in [-0.3, -0.25) is 14.6 Å². The predicted molar refractivity (Wildman–Crippen MR) is 106 cm³/mol. The highest BCUT2D eigenvalue weighted by Crippen LogP contribution is 2.30. The summed E-state index contributed by atoms with van der Waals surface area (Å²) in [7, 11) is 1.66. The summed E-state index contributed by atoms with van der Waals surface area (Å²) >= 11 is 4.67. The van der Waals surface area contributed by atoms with Crippen LogP contribution in [0.2, 0.25) is 0 Å². The van der Waals surface area contributed by atoms with Gasteiger partial charge in [-0.1, -0.05) is 45.9 Å². The number of halogens is 1. The number of benzene rings is 2. The standard InChI is InChI=1S/C18H16BrN3O2S/c1-20-18(21-13-9-7-12(19)8-10-13)25-15-11-16(23)22(17(15)24)14-5-3-2-4-6-14/h2-10,15H,11H2,1H3,(H,20,21)/t15-/m1/s1. The lowest BCUT2D eigenvalue weighted by Gasteiger charge is -2.15. The van der Waals surface area contributed by atoms with Crippen molar-refractivity contribution in [3.05, 3.63) is 59.1 Å². The van der Waals surface area contributed by atoms with Crippen LogP contribution in [0.1, 0.15) is 6.42 Å². The predicted octanol–water partition coefficient (Wildman–Crippen LogP) is 3.91. The summed E-state index contributed by atoms with van der Waals surface area (Å²) in [5, 5.41) is 3.31. The molecule has 128 valence electrons. The molecule has 1 saturated heterocycles. The number of anilines is 2. The molecule has 1 aliphatic rings. The summed E-state index contributed by atoms with van der Waals surface area (Å²) in [6, 6.07) is 16.7. The van der Waals surface area contributed by atoms with Gasteiger partial charge in [0.2, 0.25) is 11.8 Å². The van der Waals surface area contributed by atoms with Crippen LogP contribution in [0, 0.1) is 0 Å². The first-order chi connectivity index (χ1) is 12.1. The third-order valence-electron chi connectivity index (χ3n) is 3.67. The van der Waals surface area contributed by atoms with Gasteiger partial charge >= 0.3 is 0 Å². The second-order valence-electron chi connectivity index (χ2n) is 5.37. The number of carbonyl (C=O) groups is 2. The fraction of sp³-hybridized carbons (Fsp3) is 0.167. The van der Waals surface area contributed by atoms with Gasteiger partial charge in [0.15, 0.2) is 5.17 Å². The van der Waals surface area contributed by atoms with E-state index in [9.17, 15) is 9.59 Å². The fourth-order valence-corrected chi connectivity index (χ4v) is 3.72.